The Morgan fingerprint density at radius 1 is 1.00 bits per heavy atom. The number of amides is 2. The number of para-hydroxylation sites is 1. The van der Waals surface area contributed by atoms with Crippen molar-refractivity contribution in [2.24, 2.45) is 0 Å². The average Bonchev–Trinajstić information content (AvgIpc) is 3.22. The molecule has 0 aliphatic carbocycles. The van der Waals surface area contributed by atoms with Crippen molar-refractivity contribution >= 4 is 35.0 Å². The van der Waals surface area contributed by atoms with E-state index in [9.17, 15) is 9.59 Å². The van der Waals surface area contributed by atoms with Gasteiger partial charge in [-0.2, -0.15) is 4.98 Å². The van der Waals surface area contributed by atoms with Crippen LogP contribution in [0, 0.1) is 13.8 Å². The van der Waals surface area contributed by atoms with Gasteiger partial charge in [0.15, 0.2) is 5.82 Å². The lowest BCUT2D eigenvalue weighted by Crippen LogP contribution is -2.19. The molecule has 7 nitrogen and oxygen atoms in total. The van der Waals surface area contributed by atoms with Crippen LogP contribution in [-0.4, -0.2) is 33.5 Å². The SMILES string of the molecule is Cc1ccc(NC(=O)CSCC(=O)Nc2c(C)cccc2-c2nc(C(C)C)no2)cc1. The lowest BCUT2D eigenvalue weighted by molar-refractivity contribution is -0.114. The van der Waals surface area contributed by atoms with Gasteiger partial charge in [-0.25, -0.2) is 0 Å². The van der Waals surface area contributed by atoms with E-state index in [1.807, 2.05) is 70.2 Å². The number of rotatable bonds is 8. The molecule has 1 aromatic heterocycles. The van der Waals surface area contributed by atoms with Crippen LogP contribution in [0.4, 0.5) is 11.4 Å². The highest BCUT2D eigenvalue weighted by atomic mass is 32.2. The molecule has 8 heteroatoms. The van der Waals surface area contributed by atoms with Crippen LogP contribution in [0.5, 0.6) is 0 Å². The largest absolute Gasteiger partial charge is 0.334 e. The molecule has 0 aliphatic heterocycles. The van der Waals surface area contributed by atoms with Crippen molar-refractivity contribution in [3.63, 3.8) is 0 Å². The number of anilines is 2. The Morgan fingerprint density at radius 3 is 2.32 bits per heavy atom. The Kier molecular flexibility index (Phi) is 7.46. The number of carbonyl (C=O) groups is 2. The molecule has 0 fully saturated rings. The maximum atomic E-state index is 12.5. The molecule has 31 heavy (non-hydrogen) atoms. The second-order valence-corrected chi connectivity index (χ2v) is 8.55. The molecule has 2 amide bonds. The van der Waals surface area contributed by atoms with E-state index in [1.54, 1.807) is 0 Å². The van der Waals surface area contributed by atoms with Gasteiger partial charge in [-0.05, 0) is 37.6 Å². The van der Waals surface area contributed by atoms with Crippen LogP contribution in [0.1, 0.15) is 36.7 Å². The molecule has 2 N–H and O–H groups in total. The summed E-state index contributed by atoms with van der Waals surface area (Å²) in [5.41, 5.74) is 4.06. The van der Waals surface area contributed by atoms with Gasteiger partial charge in [-0.3, -0.25) is 9.59 Å². The van der Waals surface area contributed by atoms with Crippen molar-refractivity contribution < 1.29 is 14.1 Å². The molecule has 2 aromatic carbocycles. The minimum Gasteiger partial charge on any atom is -0.334 e. The van der Waals surface area contributed by atoms with Gasteiger partial charge in [0.1, 0.15) is 0 Å². The van der Waals surface area contributed by atoms with Gasteiger partial charge in [0.2, 0.25) is 11.8 Å². The quantitative estimate of drug-likeness (QED) is 0.525. The smallest absolute Gasteiger partial charge is 0.260 e. The van der Waals surface area contributed by atoms with E-state index in [4.69, 9.17) is 4.52 Å². The number of nitrogens with one attached hydrogen (secondary N) is 2. The number of hydrogen-bond donors (Lipinski definition) is 2. The summed E-state index contributed by atoms with van der Waals surface area (Å²) in [7, 11) is 0. The van der Waals surface area contributed by atoms with Gasteiger partial charge in [0.05, 0.1) is 22.8 Å². The van der Waals surface area contributed by atoms with Gasteiger partial charge < -0.3 is 15.2 Å². The molecule has 0 bridgehead atoms. The third-order valence-electron chi connectivity index (χ3n) is 4.53. The maximum Gasteiger partial charge on any atom is 0.260 e. The van der Waals surface area contributed by atoms with Crippen LogP contribution in [0.3, 0.4) is 0 Å². The normalized spacial score (nSPS) is 10.9. The van der Waals surface area contributed by atoms with Crippen LogP contribution < -0.4 is 10.6 Å². The van der Waals surface area contributed by atoms with E-state index in [1.165, 1.54) is 11.8 Å². The number of aryl methyl sites for hydroxylation is 2. The molecule has 0 saturated heterocycles. The van der Waals surface area contributed by atoms with E-state index < -0.39 is 0 Å². The zero-order valence-electron chi connectivity index (χ0n) is 18.1. The van der Waals surface area contributed by atoms with Crippen LogP contribution >= 0.6 is 11.8 Å². The van der Waals surface area contributed by atoms with Gasteiger partial charge >= 0.3 is 0 Å². The minimum absolute atomic E-state index is 0.141. The second kappa shape index (κ2) is 10.3. The molecule has 3 aromatic rings. The second-order valence-electron chi connectivity index (χ2n) is 7.57. The predicted molar refractivity (Wildman–Crippen MR) is 124 cm³/mol. The van der Waals surface area contributed by atoms with Crippen LogP contribution in [0.25, 0.3) is 11.5 Å². The van der Waals surface area contributed by atoms with Crippen LogP contribution in [0.2, 0.25) is 0 Å². The minimum atomic E-state index is -0.202. The Labute approximate surface area is 186 Å². The summed E-state index contributed by atoms with van der Waals surface area (Å²) in [4.78, 5) is 29.0. The molecule has 0 saturated carbocycles. The summed E-state index contributed by atoms with van der Waals surface area (Å²) in [5.74, 6) is 1.11. The van der Waals surface area contributed by atoms with Gasteiger partial charge in [0.25, 0.3) is 5.89 Å². The highest BCUT2D eigenvalue weighted by molar-refractivity contribution is 8.00. The van der Waals surface area contributed by atoms with E-state index in [2.05, 4.69) is 20.8 Å². The number of aromatic nitrogens is 2. The Hall–Kier alpha value is -3.13. The monoisotopic (exact) mass is 438 g/mol. The Bertz CT molecular complexity index is 1060. The fraction of sp³-hybridized carbons (Fsp3) is 0.304. The number of carbonyl (C=O) groups excluding carboxylic acids is 2. The number of hydrogen-bond acceptors (Lipinski definition) is 6. The summed E-state index contributed by atoms with van der Waals surface area (Å²) in [6, 6.07) is 13.2. The third kappa shape index (κ3) is 6.18. The molecule has 0 aliphatic rings. The molecule has 0 atom stereocenters. The first kappa shape index (κ1) is 22.6. The van der Waals surface area contributed by atoms with Crippen molar-refractivity contribution in [1.29, 1.82) is 0 Å². The molecular weight excluding hydrogens is 412 g/mol. The molecule has 1 heterocycles. The molecule has 0 spiro atoms. The highest BCUT2D eigenvalue weighted by Crippen LogP contribution is 2.30. The molecular formula is C23H26N4O3S. The van der Waals surface area contributed by atoms with Crippen LogP contribution in [-0.2, 0) is 9.59 Å². The van der Waals surface area contributed by atoms with Gasteiger partial charge in [-0.1, -0.05) is 48.8 Å². The fourth-order valence-corrected chi connectivity index (χ4v) is 3.45. The van der Waals surface area contributed by atoms with Crippen molar-refractivity contribution in [3.05, 3.63) is 59.4 Å². The first-order chi connectivity index (χ1) is 14.8. The average molecular weight is 439 g/mol. The summed E-state index contributed by atoms with van der Waals surface area (Å²) < 4.78 is 5.40. The number of thioether (sulfide) groups is 1. The van der Waals surface area contributed by atoms with E-state index in [-0.39, 0.29) is 29.2 Å². The zero-order valence-corrected chi connectivity index (χ0v) is 18.9. The lowest BCUT2D eigenvalue weighted by Gasteiger charge is -2.12. The van der Waals surface area contributed by atoms with Crippen molar-refractivity contribution in [2.75, 3.05) is 22.1 Å². The number of nitrogens with zero attached hydrogens (tertiary/aromatic N) is 2. The van der Waals surface area contributed by atoms with Crippen LogP contribution in [0.15, 0.2) is 47.0 Å². The lowest BCUT2D eigenvalue weighted by atomic mass is 10.1. The van der Waals surface area contributed by atoms with E-state index in [0.717, 1.165) is 16.8 Å². The fourth-order valence-electron chi connectivity index (χ4n) is 2.84. The van der Waals surface area contributed by atoms with Crippen molar-refractivity contribution in [2.45, 2.75) is 33.6 Å². The maximum absolute atomic E-state index is 12.5. The summed E-state index contributed by atoms with van der Waals surface area (Å²) >= 11 is 1.25. The van der Waals surface area contributed by atoms with E-state index >= 15 is 0 Å². The topological polar surface area (TPSA) is 97.1 Å². The zero-order chi connectivity index (χ0) is 22.4. The predicted octanol–water partition coefficient (Wildman–Crippen LogP) is 4.79. The first-order valence-corrected chi connectivity index (χ1v) is 11.2. The van der Waals surface area contributed by atoms with Gasteiger partial charge in [0, 0.05) is 11.6 Å². The summed E-state index contributed by atoms with van der Waals surface area (Å²) in [6.07, 6.45) is 0. The highest BCUT2D eigenvalue weighted by Gasteiger charge is 2.18. The molecule has 0 radical (unpaired) electrons. The third-order valence-corrected chi connectivity index (χ3v) is 5.46. The summed E-state index contributed by atoms with van der Waals surface area (Å²) in [5, 5.41) is 9.75. The van der Waals surface area contributed by atoms with Crippen molar-refractivity contribution in [3.8, 4) is 11.5 Å². The van der Waals surface area contributed by atoms with E-state index in [0.29, 0.717) is 23.0 Å². The molecule has 3 rings (SSSR count). The van der Waals surface area contributed by atoms with Gasteiger partial charge in [-0.15, -0.1) is 11.8 Å². The standard InChI is InChI=1S/C23H26N4O3S/c1-14(2)22-26-23(30-27-22)18-7-5-6-16(4)21(18)25-20(29)13-31-12-19(28)24-17-10-8-15(3)9-11-17/h5-11,14H,12-13H2,1-4H3,(H,24,28)(H,25,29). The summed E-state index contributed by atoms with van der Waals surface area (Å²) in [6.45, 7) is 7.86. The van der Waals surface area contributed by atoms with Crippen molar-refractivity contribution in [1.82, 2.24) is 10.1 Å². The first-order valence-electron chi connectivity index (χ1n) is 10.0. The Morgan fingerprint density at radius 2 is 1.68 bits per heavy atom. The Balaban J connectivity index is 1.57. The molecule has 162 valence electrons. The number of benzene rings is 2. The molecule has 0 unspecified atom stereocenters.